The smallest absolute Gasteiger partial charge is 0.251 e. The average Bonchev–Trinajstić information content (AvgIpc) is 2.79. The number of sulfonamides is 1. The summed E-state index contributed by atoms with van der Waals surface area (Å²) in [5.41, 5.74) is 1.28. The van der Waals surface area contributed by atoms with Gasteiger partial charge in [-0.25, -0.2) is 8.42 Å². The van der Waals surface area contributed by atoms with Gasteiger partial charge in [0.05, 0.1) is 0 Å². The van der Waals surface area contributed by atoms with E-state index in [1.54, 1.807) is 35.2 Å². The molecule has 2 amide bonds. The lowest BCUT2D eigenvalue weighted by Gasteiger charge is -2.33. The lowest BCUT2D eigenvalue weighted by atomic mass is 10.2. The highest BCUT2D eigenvalue weighted by molar-refractivity contribution is 7.92. The van der Waals surface area contributed by atoms with Crippen molar-refractivity contribution in [2.24, 2.45) is 0 Å². The summed E-state index contributed by atoms with van der Waals surface area (Å²) < 4.78 is 26.4. The fourth-order valence-electron chi connectivity index (χ4n) is 3.15. The molecule has 3 rings (SSSR count). The van der Waals surface area contributed by atoms with Gasteiger partial charge in [-0.1, -0.05) is 41.9 Å². The van der Waals surface area contributed by atoms with E-state index in [1.165, 1.54) is 9.71 Å². The number of nitrogens with one attached hydrogen (secondary N) is 1. The Balaban J connectivity index is 1.43. The van der Waals surface area contributed by atoms with Crippen LogP contribution >= 0.6 is 11.6 Å². The molecule has 164 valence electrons. The van der Waals surface area contributed by atoms with Gasteiger partial charge in [-0.2, -0.15) is 4.31 Å². The minimum atomic E-state index is -3.54. The van der Waals surface area contributed by atoms with Crippen molar-refractivity contribution < 1.29 is 18.0 Å². The van der Waals surface area contributed by atoms with E-state index >= 15 is 0 Å². The minimum absolute atomic E-state index is 0.117. The van der Waals surface area contributed by atoms with Crippen molar-refractivity contribution in [3.63, 3.8) is 0 Å². The van der Waals surface area contributed by atoms with Crippen molar-refractivity contribution in [1.82, 2.24) is 14.5 Å². The summed E-state index contributed by atoms with van der Waals surface area (Å²) in [7, 11) is -3.54. The van der Waals surface area contributed by atoms with Crippen LogP contribution in [0.25, 0.3) is 6.08 Å². The lowest BCUT2D eigenvalue weighted by molar-refractivity contribution is -0.132. The molecule has 1 heterocycles. The fraction of sp³-hybridized carbons (Fsp3) is 0.273. The first-order valence-corrected chi connectivity index (χ1v) is 11.8. The normalized spacial score (nSPS) is 15.2. The molecule has 0 radical (unpaired) electrons. The quantitative estimate of drug-likeness (QED) is 0.686. The lowest BCUT2D eigenvalue weighted by Crippen LogP contribution is -2.50. The number of nitrogens with zero attached hydrogens (tertiary/aromatic N) is 2. The van der Waals surface area contributed by atoms with E-state index in [9.17, 15) is 18.0 Å². The SMILES string of the molecule is O=C(NCCC(=O)N1CCN(S(=O)(=O)C=Cc2ccccc2)CC1)c1ccc(Cl)cc1. The molecule has 0 saturated carbocycles. The molecule has 1 N–H and O–H groups in total. The summed E-state index contributed by atoms with van der Waals surface area (Å²) in [6.07, 6.45) is 1.72. The van der Waals surface area contributed by atoms with Crippen LogP contribution in [0.3, 0.4) is 0 Å². The monoisotopic (exact) mass is 461 g/mol. The highest BCUT2D eigenvalue weighted by Crippen LogP contribution is 2.13. The Labute approximate surface area is 187 Å². The van der Waals surface area contributed by atoms with Crippen LogP contribution in [0.15, 0.2) is 60.0 Å². The highest BCUT2D eigenvalue weighted by atomic mass is 35.5. The Morgan fingerprint density at radius 1 is 0.968 bits per heavy atom. The molecular formula is C22H24ClN3O4S. The minimum Gasteiger partial charge on any atom is -0.352 e. The van der Waals surface area contributed by atoms with E-state index in [2.05, 4.69) is 5.32 Å². The van der Waals surface area contributed by atoms with Crippen LogP contribution in [0.5, 0.6) is 0 Å². The molecule has 0 bridgehead atoms. The van der Waals surface area contributed by atoms with Crippen LogP contribution in [-0.4, -0.2) is 62.2 Å². The molecule has 0 unspecified atom stereocenters. The van der Waals surface area contributed by atoms with Gasteiger partial charge >= 0.3 is 0 Å². The summed E-state index contributed by atoms with van der Waals surface area (Å²) in [4.78, 5) is 26.1. The first-order valence-electron chi connectivity index (χ1n) is 9.90. The van der Waals surface area contributed by atoms with E-state index in [0.717, 1.165) is 5.56 Å². The summed E-state index contributed by atoms with van der Waals surface area (Å²) in [6.45, 7) is 1.33. The molecule has 1 aliphatic rings. The second-order valence-corrected chi connectivity index (χ2v) is 9.31. The molecule has 0 spiro atoms. The van der Waals surface area contributed by atoms with E-state index < -0.39 is 10.0 Å². The molecule has 7 nitrogen and oxygen atoms in total. The van der Waals surface area contributed by atoms with Gasteiger partial charge in [0.2, 0.25) is 15.9 Å². The predicted octanol–water partition coefficient (Wildman–Crippen LogP) is 2.60. The number of amides is 2. The van der Waals surface area contributed by atoms with Crippen molar-refractivity contribution in [2.75, 3.05) is 32.7 Å². The number of carbonyl (C=O) groups excluding carboxylic acids is 2. The van der Waals surface area contributed by atoms with Gasteiger partial charge in [-0.05, 0) is 35.9 Å². The van der Waals surface area contributed by atoms with Gasteiger partial charge in [0.25, 0.3) is 5.91 Å². The van der Waals surface area contributed by atoms with Crippen LogP contribution in [0, 0.1) is 0 Å². The van der Waals surface area contributed by atoms with E-state index in [0.29, 0.717) is 23.7 Å². The molecule has 0 aromatic heterocycles. The Morgan fingerprint density at radius 3 is 2.26 bits per heavy atom. The first-order chi connectivity index (χ1) is 14.8. The maximum Gasteiger partial charge on any atom is 0.251 e. The van der Waals surface area contributed by atoms with E-state index in [4.69, 9.17) is 11.6 Å². The van der Waals surface area contributed by atoms with Crippen LogP contribution in [0.2, 0.25) is 5.02 Å². The van der Waals surface area contributed by atoms with Crippen LogP contribution < -0.4 is 5.32 Å². The largest absolute Gasteiger partial charge is 0.352 e. The molecule has 2 aromatic carbocycles. The Hall–Kier alpha value is -2.68. The van der Waals surface area contributed by atoms with E-state index in [1.807, 2.05) is 30.3 Å². The van der Waals surface area contributed by atoms with Crippen LogP contribution in [0.1, 0.15) is 22.3 Å². The molecule has 1 aliphatic heterocycles. The Bertz CT molecular complexity index is 1030. The standard InChI is InChI=1S/C22H24ClN3O4S/c23-20-8-6-19(7-9-20)22(28)24-12-10-21(27)25-13-15-26(16-14-25)31(29,30)17-11-18-4-2-1-3-5-18/h1-9,11,17H,10,12-16H2,(H,24,28). The molecule has 2 aromatic rings. The summed E-state index contributed by atoms with van der Waals surface area (Å²) in [6, 6.07) is 15.7. The number of hydrogen-bond donors (Lipinski definition) is 1. The summed E-state index contributed by atoms with van der Waals surface area (Å²) >= 11 is 5.81. The summed E-state index contributed by atoms with van der Waals surface area (Å²) in [5.74, 6) is -0.390. The van der Waals surface area contributed by atoms with Gasteiger partial charge in [0, 0.05) is 55.1 Å². The third-order valence-electron chi connectivity index (χ3n) is 4.91. The van der Waals surface area contributed by atoms with Gasteiger partial charge in [0.1, 0.15) is 0 Å². The van der Waals surface area contributed by atoms with Crippen LogP contribution in [-0.2, 0) is 14.8 Å². The number of rotatable bonds is 7. The number of carbonyl (C=O) groups is 2. The Morgan fingerprint density at radius 2 is 1.61 bits per heavy atom. The zero-order chi connectivity index (χ0) is 22.3. The number of piperazine rings is 1. The molecule has 9 heteroatoms. The number of hydrogen-bond acceptors (Lipinski definition) is 4. The zero-order valence-corrected chi connectivity index (χ0v) is 18.5. The molecule has 0 aliphatic carbocycles. The fourth-order valence-corrected chi connectivity index (χ4v) is 4.45. The first kappa shape index (κ1) is 23.0. The van der Waals surface area contributed by atoms with E-state index in [-0.39, 0.29) is 37.9 Å². The van der Waals surface area contributed by atoms with Gasteiger partial charge in [0.15, 0.2) is 0 Å². The molecule has 31 heavy (non-hydrogen) atoms. The van der Waals surface area contributed by atoms with Crippen molar-refractivity contribution in [3.8, 4) is 0 Å². The topological polar surface area (TPSA) is 86.8 Å². The van der Waals surface area contributed by atoms with Gasteiger partial charge in [-0.15, -0.1) is 0 Å². The maximum atomic E-state index is 12.5. The van der Waals surface area contributed by atoms with Crippen LogP contribution in [0.4, 0.5) is 0 Å². The van der Waals surface area contributed by atoms with Crippen molar-refractivity contribution >= 4 is 39.5 Å². The van der Waals surface area contributed by atoms with Gasteiger partial charge < -0.3 is 10.2 Å². The third-order valence-corrected chi connectivity index (χ3v) is 6.73. The molecule has 0 atom stereocenters. The van der Waals surface area contributed by atoms with Gasteiger partial charge in [-0.3, -0.25) is 9.59 Å². The second-order valence-electron chi connectivity index (χ2n) is 7.05. The van der Waals surface area contributed by atoms with Crippen molar-refractivity contribution in [3.05, 3.63) is 76.2 Å². The van der Waals surface area contributed by atoms with Crippen molar-refractivity contribution in [2.45, 2.75) is 6.42 Å². The number of benzene rings is 2. The second kappa shape index (κ2) is 10.6. The third kappa shape index (κ3) is 6.65. The molecule has 1 saturated heterocycles. The highest BCUT2D eigenvalue weighted by Gasteiger charge is 2.27. The Kier molecular flexibility index (Phi) is 7.84. The zero-order valence-electron chi connectivity index (χ0n) is 16.9. The summed E-state index contributed by atoms with van der Waals surface area (Å²) in [5, 5.41) is 4.45. The number of halogens is 1. The molecular weight excluding hydrogens is 438 g/mol. The predicted molar refractivity (Wildman–Crippen MR) is 121 cm³/mol. The maximum absolute atomic E-state index is 12.5. The molecule has 1 fully saturated rings. The van der Waals surface area contributed by atoms with Crippen molar-refractivity contribution in [1.29, 1.82) is 0 Å². The average molecular weight is 462 g/mol.